The number of aromatic nitrogens is 2. The first kappa shape index (κ1) is 15.4. The molecule has 2 aromatic rings. The molecule has 112 valence electrons. The molecule has 0 fully saturated rings. The van der Waals surface area contributed by atoms with Gasteiger partial charge in [0, 0.05) is 24.0 Å². The van der Waals surface area contributed by atoms with Crippen molar-refractivity contribution in [2.75, 3.05) is 26.0 Å². The number of likely N-dealkylation sites (N-methyl/N-ethyl adjacent to an activating group) is 1. The molecule has 4 heteroatoms. The number of anilines is 1. The molecule has 4 nitrogen and oxygen atoms in total. The van der Waals surface area contributed by atoms with E-state index in [1.54, 1.807) is 0 Å². The molecule has 1 N–H and O–H groups in total. The minimum absolute atomic E-state index is 0.400. The van der Waals surface area contributed by atoms with E-state index in [0.29, 0.717) is 12.0 Å². The number of rotatable bonds is 6. The summed E-state index contributed by atoms with van der Waals surface area (Å²) in [6.07, 6.45) is 1.01. The van der Waals surface area contributed by atoms with Gasteiger partial charge in [0.15, 0.2) is 0 Å². The minimum atomic E-state index is 0.400. The molecule has 1 aromatic carbocycles. The summed E-state index contributed by atoms with van der Waals surface area (Å²) in [5.41, 5.74) is 3.34. The quantitative estimate of drug-likeness (QED) is 0.885. The topological polar surface area (TPSA) is 41.1 Å². The van der Waals surface area contributed by atoms with Gasteiger partial charge in [0.1, 0.15) is 0 Å². The fraction of sp³-hybridized carbons (Fsp3) is 0.412. The highest BCUT2D eigenvalue weighted by Crippen LogP contribution is 2.09. The van der Waals surface area contributed by atoms with Crippen molar-refractivity contribution in [3.63, 3.8) is 0 Å². The van der Waals surface area contributed by atoms with Crippen LogP contribution >= 0.6 is 0 Å². The number of benzene rings is 1. The summed E-state index contributed by atoms with van der Waals surface area (Å²) in [6.45, 7) is 4.81. The molecule has 0 saturated carbocycles. The number of aryl methyl sites for hydroxylation is 2. The number of nitrogens with zero attached hydrogens (tertiary/aromatic N) is 3. The van der Waals surface area contributed by atoms with Crippen molar-refractivity contribution in [1.82, 2.24) is 14.9 Å². The van der Waals surface area contributed by atoms with Crippen molar-refractivity contribution in [3.05, 3.63) is 53.3 Å². The molecule has 2 rings (SSSR count). The molecule has 0 aliphatic rings. The number of nitrogens with one attached hydrogen (secondary N) is 1. The lowest BCUT2D eigenvalue weighted by Crippen LogP contribution is -2.36. The van der Waals surface area contributed by atoms with E-state index in [-0.39, 0.29) is 0 Å². The maximum atomic E-state index is 4.43. The van der Waals surface area contributed by atoms with E-state index in [2.05, 4.69) is 64.6 Å². The van der Waals surface area contributed by atoms with Gasteiger partial charge in [-0.1, -0.05) is 30.3 Å². The Morgan fingerprint density at radius 1 is 1.05 bits per heavy atom. The standard InChI is InChI=1S/C17H24N4/c1-13-10-14(2)20-17(19-13)18-12-16(21(3)4)11-15-8-6-5-7-9-15/h5-10,16H,11-12H2,1-4H3,(H,18,19,20). The van der Waals surface area contributed by atoms with E-state index in [9.17, 15) is 0 Å². The van der Waals surface area contributed by atoms with Crippen LogP contribution in [0, 0.1) is 13.8 Å². The fourth-order valence-electron chi connectivity index (χ4n) is 2.34. The smallest absolute Gasteiger partial charge is 0.223 e. The van der Waals surface area contributed by atoms with Gasteiger partial charge in [-0.15, -0.1) is 0 Å². The van der Waals surface area contributed by atoms with Gasteiger partial charge in [-0.2, -0.15) is 0 Å². The second-order valence-electron chi connectivity index (χ2n) is 5.66. The maximum absolute atomic E-state index is 4.43. The van der Waals surface area contributed by atoms with Crippen LogP contribution in [0.2, 0.25) is 0 Å². The Labute approximate surface area is 127 Å². The van der Waals surface area contributed by atoms with Crippen LogP contribution in [0.25, 0.3) is 0 Å². The van der Waals surface area contributed by atoms with Gasteiger partial charge in [-0.25, -0.2) is 9.97 Å². The van der Waals surface area contributed by atoms with E-state index in [1.165, 1.54) is 5.56 Å². The average Bonchev–Trinajstić information content (AvgIpc) is 2.43. The number of hydrogen-bond donors (Lipinski definition) is 1. The molecule has 0 bridgehead atoms. The predicted octanol–water partition coefficient (Wildman–Crippen LogP) is 2.68. The Balaban J connectivity index is 2.00. The van der Waals surface area contributed by atoms with E-state index in [0.717, 1.165) is 24.4 Å². The van der Waals surface area contributed by atoms with Gasteiger partial charge in [0.05, 0.1) is 0 Å². The van der Waals surface area contributed by atoms with Crippen LogP contribution in [0.1, 0.15) is 17.0 Å². The highest BCUT2D eigenvalue weighted by atomic mass is 15.2. The lowest BCUT2D eigenvalue weighted by atomic mass is 10.1. The van der Waals surface area contributed by atoms with Crippen molar-refractivity contribution in [2.24, 2.45) is 0 Å². The Bertz CT molecular complexity index is 546. The van der Waals surface area contributed by atoms with Crippen LogP contribution in [0.3, 0.4) is 0 Å². The second-order valence-corrected chi connectivity index (χ2v) is 5.66. The Morgan fingerprint density at radius 2 is 1.67 bits per heavy atom. The third-order valence-corrected chi connectivity index (χ3v) is 3.52. The summed E-state index contributed by atoms with van der Waals surface area (Å²) in [5, 5.41) is 3.36. The predicted molar refractivity (Wildman–Crippen MR) is 87.6 cm³/mol. The fourth-order valence-corrected chi connectivity index (χ4v) is 2.34. The molecule has 0 saturated heterocycles. The third kappa shape index (κ3) is 4.83. The average molecular weight is 284 g/mol. The molecule has 0 aliphatic heterocycles. The third-order valence-electron chi connectivity index (χ3n) is 3.52. The van der Waals surface area contributed by atoms with Crippen LogP contribution < -0.4 is 5.32 Å². The van der Waals surface area contributed by atoms with Gasteiger partial charge < -0.3 is 10.2 Å². The van der Waals surface area contributed by atoms with E-state index < -0.39 is 0 Å². The molecule has 1 aromatic heterocycles. The molecule has 0 radical (unpaired) electrons. The Hall–Kier alpha value is -1.94. The van der Waals surface area contributed by atoms with Crippen LogP contribution in [0.5, 0.6) is 0 Å². The molecular weight excluding hydrogens is 260 g/mol. The lowest BCUT2D eigenvalue weighted by molar-refractivity contribution is 0.303. The van der Waals surface area contributed by atoms with Crippen molar-refractivity contribution in [2.45, 2.75) is 26.3 Å². The summed E-state index contributed by atoms with van der Waals surface area (Å²) in [5.74, 6) is 0.715. The second kappa shape index (κ2) is 7.18. The highest BCUT2D eigenvalue weighted by Gasteiger charge is 2.12. The van der Waals surface area contributed by atoms with E-state index >= 15 is 0 Å². The van der Waals surface area contributed by atoms with Crippen molar-refractivity contribution < 1.29 is 0 Å². The number of hydrogen-bond acceptors (Lipinski definition) is 4. The highest BCUT2D eigenvalue weighted by molar-refractivity contribution is 5.28. The van der Waals surface area contributed by atoms with Gasteiger partial charge in [-0.3, -0.25) is 0 Å². The maximum Gasteiger partial charge on any atom is 0.223 e. The van der Waals surface area contributed by atoms with Crippen molar-refractivity contribution in [3.8, 4) is 0 Å². The van der Waals surface area contributed by atoms with E-state index in [1.807, 2.05) is 19.9 Å². The Morgan fingerprint density at radius 3 is 2.24 bits per heavy atom. The molecular formula is C17H24N4. The Kier molecular flexibility index (Phi) is 5.28. The van der Waals surface area contributed by atoms with E-state index in [4.69, 9.17) is 0 Å². The monoisotopic (exact) mass is 284 g/mol. The molecule has 1 atom stereocenters. The molecule has 21 heavy (non-hydrogen) atoms. The van der Waals surface area contributed by atoms with Crippen LogP contribution in [-0.4, -0.2) is 41.5 Å². The zero-order valence-corrected chi connectivity index (χ0v) is 13.3. The first-order valence-corrected chi connectivity index (χ1v) is 7.31. The SMILES string of the molecule is Cc1cc(C)nc(NCC(Cc2ccccc2)N(C)C)n1. The van der Waals surface area contributed by atoms with Crippen LogP contribution in [0.4, 0.5) is 5.95 Å². The van der Waals surface area contributed by atoms with Crippen molar-refractivity contribution in [1.29, 1.82) is 0 Å². The molecule has 0 amide bonds. The van der Waals surface area contributed by atoms with Gasteiger partial charge >= 0.3 is 0 Å². The van der Waals surface area contributed by atoms with Crippen molar-refractivity contribution >= 4 is 5.95 Å². The summed E-state index contributed by atoms with van der Waals surface area (Å²) in [7, 11) is 4.22. The first-order chi connectivity index (χ1) is 10.0. The minimum Gasteiger partial charge on any atom is -0.353 e. The van der Waals surface area contributed by atoms with Gasteiger partial charge in [0.25, 0.3) is 0 Å². The molecule has 0 spiro atoms. The van der Waals surface area contributed by atoms with Crippen LogP contribution in [-0.2, 0) is 6.42 Å². The largest absolute Gasteiger partial charge is 0.353 e. The molecule has 1 unspecified atom stereocenters. The lowest BCUT2D eigenvalue weighted by Gasteiger charge is -2.25. The summed E-state index contributed by atoms with van der Waals surface area (Å²) < 4.78 is 0. The summed E-state index contributed by atoms with van der Waals surface area (Å²) in [4.78, 5) is 11.1. The van der Waals surface area contributed by atoms with Gasteiger partial charge in [-0.05, 0) is 46.0 Å². The van der Waals surface area contributed by atoms with Gasteiger partial charge in [0.2, 0.25) is 5.95 Å². The van der Waals surface area contributed by atoms with Crippen LogP contribution in [0.15, 0.2) is 36.4 Å². The summed E-state index contributed by atoms with van der Waals surface area (Å²) >= 11 is 0. The summed E-state index contributed by atoms with van der Waals surface area (Å²) in [6, 6.07) is 12.9. The molecule has 1 heterocycles. The zero-order valence-electron chi connectivity index (χ0n) is 13.3. The zero-order chi connectivity index (χ0) is 15.2. The molecule has 0 aliphatic carbocycles. The first-order valence-electron chi connectivity index (χ1n) is 7.31. The normalized spacial score (nSPS) is 12.4.